The van der Waals surface area contributed by atoms with Gasteiger partial charge in [0.2, 0.25) is 0 Å². The number of benzene rings is 1. The molecule has 1 aliphatic rings. The Morgan fingerprint density at radius 3 is 2.84 bits per heavy atom. The highest BCUT2D eigenvalue weighted by atomic mass is 16.2. The Kier molecular flexibility index (Phi) is 3.99. The first-order valence-electron chi connectivity index (χ1n) is 8.82. The number of pyridine rings is 1. The van der Waals surface area contributed by atoms with Crippen LogP contribution in [0.25, 0.3) is 11.0 Å². The molecule has 1 amide bonds. The highest BCUT2D eigenvalue weighted by Gasteiger charge is 2.31. The summed E-state index contributed by atoms with van der Waals surface area (Å²) in [6.07, 6.45) is 4.72. The normalized spacial score (nSPS) is 17.8. The van der Waals surface area contributed by atoms with Gasteiger partial charge in [-0.05, 0) is 68.5 Å². The number of hydrogen-bond acceptors (Lipinski definition) is 3. The van der Waals surface area contributed by atoms with E-state index in [1.165, 1.54) is 11.1 Å². The fourth-order valence-electron chi connectivity index (χ4n) is 3.54. The lowest BCUT2D eigenvalue weighted by Crippen LogP contribution is -2.39. The molecule has 1 atom stereocenters. The average Bonchev–Trinajstić information content (AvgIpc) is 3.05. The van der Waals surface area contributed by atoms with Gasteiger partial charge in [-0.3, -0.25) is 9.78 Å². The third kappa shape index (κ3) is 2.90. The molecule has 1 aromatic carbocycles. The molecule has 1 N–H and O–H groups in total. The van der Waals surface area contributed by atoms with Crippen LogP contribution in [0.15, 0.2) is 36.5 Å². The van der Waals surface area contributed by atoms with E-state index in [1.807, 2.05) is 17.0 Å². The molecule has 0 saturated carbocycles. The number of H-pyrrole nitrogens is 1. The number of nitrogens with one attached hydrogen (secondary N) is 1. The number of amides is 1. The van der Waals surface area contributed by atoms with Gasteiger partial charge in [0.25, 0.3) is 5.91 Å². The van der Waals surface area contributed by atoms with E-state index in [-0.39, 0.29) is 11.9 Å². The Bertz CT molecular complexity index is 877. The van der Waals surface area contributed by atoms with Crippen molar-refractivity contribution in [3.63, 3.8) is 0 Å². The maximum absolute atomic E-state index is 12.9. The lowest BCUT2D eigenvalue weighted by Gasteiger charge is -2.34. The van der Waals surface area contributed by atoms with Crippen LogP contribution < -0.4 is 0 Å². The van der Waals surface area contributed by atoms with Crippen LogP contribution in [-0.2, 0) is 0 Å². The molecule has 1 saturated heterocycles. The number of hydrogen-bond donors (Lipinski definition) is 1. The van der Waals surface area contributed by atoms with Gasteiger partial charge in [-0.25, -0.2) is 4.98 Å². The van der Waals surface area contributed by atoms with Crippen molar-refractivity contribution in [2.75, 3.05) is 6.54 Å². The Labute approximate surface area is 147 Å². The average molecular weight is 334 g/mol. The first-order valence-corrected chi connectivity index (χ1v) is 8.82. The number of nitrogens with zero attached hydrogens (tertiary/aromatic N) is 3. The quantitative estimate of drug-likeness (QED) is 0.772. The summed E-state index contributed by atoms with van der Waals surface area (Å²) in [6.45, 7) is 4.95. The van der Waals surface area contributed by atoms with Gasteiger partial charge >= 0.3 is 0 Å². The predicted molar refractivity (Wildman–Crippen MR) is 97.4 cm³/mol. The molecule has 0 radical (unpaired) electrons. The second-order valence-corrected chi connectivity index (χ2v) is 6.80. The summed E-state index contributed by atoms with van der Waals surface area (Å²) in [4.78, 5) is 27.3. The molecule has 3 aromatic rings. The smallest absolute Gasteiger partial charge is 0.273 e. The molecular formula is C20H22N4O. The van der Waals surface area contributed by atoms with Crippen LogP contribution in [0.5, 0.6) is 0 Å². The molecular weight excluding hydrogens is 312 g/mol. The van der Waals surface area contributed by atoms with Crippen LogP contribution in [0.1, 0.15) is 52.7 Å². The Morgan fingerprint density at radius 2 is 2.04 bits per heavy atom. The number of carbonyl (C=O) groups is 1. The van der Waals surface area contributed by atoms with Gasteiger partial charge in [-0.2, -0.15) is 0 Å². The molecule has 128 valence electrons. The molecule has 1 aliphatic heterocycles. The molecule has 5 nitrogen and oxygen atoms in total. The molecule has 25 heavy (non-hydrogen) atoms. The number of imidazole rings is 1. The molecule has 0 aliphatic carbocycles. The van der Waals surface area contributed by atoms with Gasteiger partial charge in [0.1, 0.15) is 11.5 Å². The van der Waals surface area contributed by atoms with Crippen molar-refractivity contribution in [3.05, 3.63) is 59.2 Å². The number of piperidine rings is 1. The van der Waals surface area contributed by atoms with Gasteiger partial charge < -0.3 is 9.88 Å². The van der Waals surface area contributed by atoms with Crippen molar-refractivity contribution < 1.29 is 4.79 Å². The third-order valence-electron chi connectivity index (χ3n) is 5.08. The fraction of sp³-hybridized carbons (Fsp3) is 0.350. The van der Waals surface area contributed by atoms with Gasteiger partial charge in [-0.15, -0.1) is 0 Å². The van der Waals surface area contributed by atoms with Crippen molar-refractivity contribution in [2.45, 2.75) is 39.2 Å². The number of carbonyl (C=O) groups excluding carboxylic acids is 1. The Morgan fingerprint density at radius 1 is 1.20 bits per heavy atom. The number of rotatable bonds is 2. The van der Waals surface area contributed by atoms with Gasteiger partial charge in [0, 0.05) is 12.7 Å². The topological polar surface area (TPSA) is 61.9 Å². The van der Waals surface area contributed by atoms with Crippen LogP contribution >= 0.6 is 0 Å². The first-order chi connectivity index (χ1) is 12.1. The first kappa shape index (κ1) is 15.8. The minimum absolute atomic E-state index is 0.0156. The van der Waals surface area contributed by atoms with Gasteiger partial charge in [-0.1, -0.05) is 6.07 Å². The van der Waals surface area contributed by atoms with E-state index in [2.05, 4.69) is 35.9 Å². The second-order valence-electron chi connectivity index (χ2n) is 6.80. The summed E-state index contributed by atoms with van der Waals surface area (Å²) in [7, 11) is 0. The molecule has 3 heterocycles. The van der Waals surface area contributed by atoms with Crippen molar-refractivity contribution in [1.29, 1.82) is 0 Å². The number of aromatic amines is 1. The standard InChI is InChI=1S/C20H22N4O/c1-13-11-16-17(12-14(13)2)23-19(22-16)18-8-4-6-10-24(18)20(25)15-7-3-5-9-21-15/h3,5,7,9,11-12,18H,4,6,8,10H2,1-2H3,(H,22,23)/t18-/m0/s1. The fourth-order valence-corrected chi connectivity index (χ4v) is 3.54. The van der Waals surface area contributed by atoms with Crippen molar-refractivity contribution >= 4 is 16.9 Å². The highest BCUT2D eigenvalue weighted by molar-refractivity contribution is 5.92. The van der Waals surface area contributed by atoms with Crippen LogP contribution in [0.4, 0.5) is 0 Å². The number of likely N-dealkylation sites (tertiary alicyclic amines) is 1. The number of aromatic nitrogens is 3. The summed E-state index contributed by atoms with van der Waals surface area (Å²) in [5.41, 5.74) is 4.98. The maximum atomic E-state index is 12.9. The van der Waals surface area contributed by atoms with E-state index in [0.29, 0.717) is 5.69 Å². The number of fused-ring (bicyclic) bond motifs is 1. The van der Waals surface area contributed by atoms with Gasteiger partial charge in [0.15, 0.2) is 0 Å². The second kappa shape index (κ2) is 6.31. The number of aryl methyl sites for hydroxylation is 2. The zero-order valence-corrected chi connectivity index (χ0v) is 14.6. The van der Waals surface area contributed by atoms with Crippen LogP contribution in [0.3, 0.4) is 0 Å². The maximum Gasteiger partial charge on any atom is 0.273 e. The molecule has 5 heteroatoms. The Balaban J connectivity index is 1.70. The summed E-state index contributed by atoms with van der Waals surface area (Å²) in [6, 6.07) is 9.68. The zero-order valence-electron chi connectivity index (χ0n) is 14.6. The molecule has 0 bridgehead atoms. The van der Waals surface area contributed by atoms with Gasteiger partial charge in [0.05, 0.1) is 17.1 Å². The molecule has 0 unspecified atom stereocenters. The summed E-state index contributed by atoms with van der Waals surface area (Å²) >= 11 is 0. The molecule has 4 rings (SSSR count). The van der Waals surface area contributed by atoms with Crippen molar-refractivity contribution in [1.82, 2.24) is 19.9 Å². The lowest BCUT2D eigenvalue weighted by molar-refractivity contribution is 0.0595. The van der Waals surface area contributed by atoms with E-state index in [9.17, 15) is 4.79 Å². The van der Waals surface area contributed by atoms with Crippen molar-refractivity contribution in [3.8, 4) is 0 Å². The molecule has 1 fully saturated rings. The van der Waals surface area contributed by atoms with E-state index in [1.54, 1.807) is 12.3 Å². The van der Waals surface area contributed by atoms with Crippen molar-refractivity contribution in [2.24, 2.45) is 0 Å². The Hall–Kier alpha value is -2.69. The van der Waals surface area contributed by atoms with Crippen LogP contribution in [0, 0.1) is 13.8 Å². The van der Waals surface area contributed by atoms with E-state index >= 15 is 0 Å². The molecule has 0 spiro atoms. The lowest BCUT2D eigenvalue weighted by atomic mass is 10.0. The van der Waals surface area contributed by atoms with Crippen LogP contribution in [0.2, 0.25) is 0 Å². The van der Waals surface area contributed by atoms with E-state index < -0.39 is 0 Å². The summed E-state index contributed by atoms with van der Waals surface area (Å²) in [5, 5.41) is 0. The SMILES string of the molecule is Cc1cc2nc([C@@H]3CCCCN3C(=O)c3ccccn3)[nH]c2cc1C. The van der Waals surface area contributed by atoms with E-state index in [4.69, 9.17) is 4.98 Å². The summed E-state index contributed by atoms with van der Waals surface area (Å²) in [5.74, 6) is 0.863. The largest absolute Gasteiger partial charge is 0.340 e. The molecule has 2 aromatic heterocycles. The van der Waals surface area contributed by atoms with E-state index in [0.717, 1.165) is 42.7 Å². The predicted octanol–water partition coefficient (Wildman–Crippen LogP) is 3.94. The minimum Gasteiger partial charge on any atom is -0.340 e. The third-order valence-corrected chi connectivity index (χ3v) is 5.08. The summed E-state index contributed by atoms with van der Waals surface area (Å²) < 4.78 is 0. The van der Waals surface area contributed by atoms with Crippen LogP contribution in [-0.4, -0.2) is 32.3 Å². The highest BCUT2D eigenvalue weighted by Crippen LogP contribution is 2.32. The zero-order chi connectivity index (χ0) is 17.4. The monoisotopic (exact) mass is 334 g/mol. The minimum atomic E-state index is -0.0173.